The van der Waals surface area contributed by atoms with Gasteiger partial charge < -0.3 is 14.1 Å². The number of sulfonamides is 1. The molecule has 2 heterocycles. The van der Waals surface area contributed by atoms with E-state index < -0.39 is 10.0 Å². The van der Waals surface area contributed by atoms with E-state index >= 15 is 0 Å². The molecule has 2 aromatic carbocycles. The number of carbonyl (C=O) groups excluding carboxylic acids is 1. The van der Waals surface area contributed by atoms with E-state index in [-0.39, 0.29) is 16.6 Å². The predicted octanol–water partition coefficient (Wildman–Crippen LogP) is 4.52. The summed E-state index contributed by atoms with van der Waals surface area (Å²) in [5.74, 6) is 0.963. The molecule has 1 N–H and O–H groups in total. The van der Waals surface area contributed by atoms with Crippen LogP contribution < -0.4 is 9.46 Å². The lowest BCUT2D eigenvalue weighted by molar-refractivity contribution is -0.132. The van der Waals surface area contributed by atoms with E-state index in [1.165, 1.54) is 30.3 Å². The molecule has 0 aliphatic carbocycles. The Morgan fingerprint density at radius 1 is 1.24 bits per heavy atom. The molecule has 0 radical (unpaired) electrons. The molecule has 1 aliphatic heterocycles. The molecule has 1 aromatic heterocycles. The van der Waals surface area contributed by atoms with Crippen LogP contribution in [-0.4, -0.2) is 49.7 Å². The van der Waals surface area contributed by atoms with Crippen molar-refractivity contribution in [3.63, 3.8) is 0 Å². The normalized spacial score (nSPS) is 16.7. The summed E-state index contributed by atoms with van der Waals surface area (Å²) in [6.45, 7) is 2.91. The number of rotatable bonds is 8. The van der Waals surface area contributed by atoms with E-state index in [1.54, 1.807) is 37.4 Å². The van der Waals surface area contributed by atoms with E-state index in [9.17, 15) is 13.2 Å². The maximum Gasteiger partial charge on any atom is 0.261 e. The van der Waals surface area contributed by atoms with Gasteiger partial charge in [-0.2, -0.15) is 0 Å². The minimum atomic E-state index is -3.80. The number of carbonyl (C=O) groups is 1. The number of nitrogens with one attached hydrogen (secondary N) is 1. The fourth-order valence-electron chi connectivity index (χ4n) is 3.95. The van der Waals surface area contributed by atoms with Crippen molar-refractivity contribution in [3.8, 4) is 5.75 Å². The van der Waals surface area contributed by atoms with Gasteiger partial charge in [0.2, 0.25) is 5.91 Å². The molecular formula is C23H27N3O5S2. The molecule has 10 heteroatoms. The summed E-state index contributed by atoms with van der Waals surface area (Å²) in [6.07, 6.45) is 4.22. The summed E-state index contributed by atoms with van der Waals surface area (Å²) in [5.41, 5.74) is 1.32. The topological polar surface area (TPSA) is 102 Å². The van der Waals surface area contributed by atoms with Gasteiger partial charge in [0, 0.05) is 18.3 Å². The van der Waals surface area contributed by atoms with Gasteiger partial charge in [-0.15, -0.1) is 0 Å². The Hall–Kier alpha value is -2.72. The van der Waals surface area contributed by atoms with Crippen molar-refractivity contribution in [2.45, 2.75) is 48.8 Å². The second-order valence-corrected chi connectivity index (χ2v) is 10.5. The molecule has 3 aromatic rings. The zero-order valence-electron chi connectivity index (χ0n) is 18.6. The van der Waals surface area contributed by atoms with Crippen LogP contribution in [0.5, 0.6) is 5.75 Å². The number of ether oxygens (including phenoxy) is 1. The van der Waals surface area contributed by atoms with Crippen LogP contribution in [0, 0.1) is 0 Å². The van der Waals surface area contributed by atoms with Crippen molar-refractivity contribution in [2.75, 3.05) is 24.1 Å². The van der Waals surface area contributed by atoms with Crippen molar-refractivity contribution in [1.82, 2.24) is 9.88 Å². The highest BCUT2D eigenvalue weighted by Crippen LogP contribution is 2.28. The number of nitrogens with zero attached hydrogens (tertiary/aromatic N) is 2. The first-order valence-corrected chi connectivity index (χ1v) is 13.4. The number of likely N-dealkylation sites (tertiary alicyclic amines) is 1. The largest absolute Gasteiger partial charge is 0.497 e. The molecular weight excluding hydrogens is 462 g/mol. The average Bonchev–Trinajstić information content (AvgIpc) is 3.25. The van der Waals surface area contributed by atoms with Gasteiger partial charge in [-0.1, -0.05) is 18.7 Å². The number of aromatic nitrogens is 1. The van der Waals surface area contributed by atoms with Crippen LogP contribution in [0.2, 0.25) is 0 Å². The quantitative estimate of drug-likeness (QED) is 0.464. The standard InChI is InChI=1S/C23H27N3O5S2/c1-3-17-6-4-5-13-26(17)22(27)15-32-23-24-20-14-19(11-12-21(20)31-23)33(28,29)25-16-7-9-18(30-2)10-8-16/h7-12,14,17,25H,3-6,13,15H2,1-2H3/t17-/m0/s1. The molecule has 1 aliphatic rings. The van der Waals surface area contributed by atoms with Crippen LogP contribution in [0.3, 0.4) is 0 Å². The summed E-state index contributed by atoms with van der Waals surface area (Å²) in [7, 11) is -2.26. The first-order valence-electron chi connectivity index (χ1n) is 10.9. The number of fused-ring (bicyclic) bond motifs is 1. The van der Waals surface area contributed by atoms with Gasteiger partial charge in [-0.25, -0.2) is 13.4 Å². The van der Waals surface area contributed by atoms with Crippen molar-refractivity contribution < 1.29 is 22.4 Å². The second-order valence-electron chi connectivity index (χ2n) is 7.88. The molecule has 0 bridgehead atoms. The smallest absolute Gasteiger partial charge is 0.261 e. The van der Waals surface area contributed by atoms with Gasteiger partial charge in [-0.05, 0) is 68.1 Å². The van der Waals surface area contributed by atoms with Gasteiger partial charge in [0.1, 0.15) is 11.3 Å². The Morgan fingerprint density at radius 3 is 2.76 bits per heavy atom. The van der Waals surface area contributed by atoms with E-state index in [4.69, 9.17) is 9.15 Å². The number of anilines is 1. The molecule has 8 nitrogen and oxygen atoms in total. The van der Waals surface area contributed by atoms with Crippen molar-refractivity contribution in [3.05, 3.63) is 42.5 Å². The maximum atomic E-state index is 12.8. The molecule has 0 saturated carbocycles. The molecule has 0 unspecified atom stereocenters. The third-order valence-electron chi connectivity index (χ3n) is 5.73. The van der Waals surface area contributed by atoms with Crippen molar-refractivity contribution in [1.29, 1.82) is 0 Å². The summed E-state index contributed by atoms with van der Waals surface area (Å²) in [5, 5.41) is 0.348. The highest BCUT2D eigenvalue weighted by molar-refractivity contribution is 7.99. The van der Waals surface area contributed by atoms with Gasteiger partial charge in [0.15, 0.2) is 5.58 Å². The summed E-state index contributed by atoms with van der Waals surface area (Å²) < 4.78 is 39.0. The summed E-state index contributed by atoms with van der Waals surface area (Å²) >= 11 is 1.23. The van der Waals surface area contributed by atoms with Gasteiger partial charge in [0.05, 0.1) is 17.8 Å². The highest BCUT2D eigenvalue weighted by Gasteiger charge is 2.25. The van der Waals surface area contributed by atoms with E-state index in [0.29, 0.717) is 33.8 Å². The molecule has 4 rings (SSSR count). The minimum absolute atomic E-state index is 0.0749. The number of thioether (sulfide) groups is 1. The van der Waals surface area contributed by atoms with Gasteiger partial charge in [-0.3, -0.25) is 9.52 Å². The SMILES string of the molecule is CC[C@H]1CCCCN1C(=O)CSc1nc2cc(S(=O)(=O)Nc3ccc(OC)cc3)ccc2o1. The molecule has 176 valence electrons. The molecule has 1 amide bonds. The second kappa shape index (κ2) is 10.0. The Balaban J connectivity index is 1.44. The third kappa shape index (κ3) is 5.44. The van der Waals surface area contributed by atoms with Crippen LogP contribution in [0.15, 0.2) is 57.0 Å². The van der Waals surface area contributed by atoms with Crippen LogP contribution in [0.1, 0.15) is 32.6 Å². The third-order valence-corrected chi connectivity index (χ3v) is 7.92. The van der Waals surface area contributed by atoms with Gasteiger partial charge >= 0.3 is 0 Å². The summed E-state index contributed by atoms with van der Waals surface area (Å²) in [6, 6.07) is 11.4. The summed E-state index contributed by atoms with van der Waals surface area (Å²) in [4.78, 5) is 19.1. The Kier molecular flexibility index (Phi) is 7.14. The lowest BCUT2D eigenvalue weighted by atomic mass is 10.0. The Labute approximate surface area is 197 Å². The van der Waals surface area contributed by atoms with Crippen LogP contribution in [-0.2, 0) is 14.8 Å². The molecule has 1 fully saturated rings. The van der Waals surface area contributed by atoms with Crippen LogP contribution in [0.25, 0.3) is 11.1 Å². The number of amides is 1. The van der Waals surface area contributed by atoms with E-state index in [2.05, 4.69) is 16.6 Å². The Morgan fingerprint density at radius 2 is 2.03 bits per heavy atom. The number of hydrogen-bond acceptors (Lipinski definition) is 7. The van der Waals surface area contributed by atoms with Crippen molar-refractivity contribution >= 4 is 44.5 Å². The number of hydrogen-bond donors (Lipinski definition) is 1. The zero-order chi connectivity index (χ0) is 23.4. The molecule has 33 heavy (non-hydrogen) atoms. The fourth-order valence-corrected chi connectivity index (χ4v) is 5.75. The Bertz CT molecular complexity index is 1220. The highest BCUT2D eigenvalue weighted by atomic mass is 32.2. The molecule has 1 atom stereocenters. The number of oxazole rings is 1. The number of benzene rings is 2. The number of methoxy groups -OCH3 is 1. The van der Waals surface area contributed by atoms with Crippen LogP contribution in [0.4, 0.5) is 5.69 Å². The van der Waals surface area contributed by atoms with Crippen LogP contribution >= 0.6 is 11.8 Å². The van der Waals surface area contributed by atoms with Crippen molar-refractivity contribution in [2.24, 2.45) is 0 Å². The van der Waals surface area contributed by atoms with E-state index in [0.717, 1.165) is 25.8 Å². The predicted molar refractivity (Wildman–Crippen MR) is 128 cm³/mol. The number of piperidine rings is 1. The first-order chi connectivity index (χ1) is 15.9. The monoisotopic (exact) mass is 489 g/mol. The van der Waals surface area contributed by atoms with Gasteiger partial charge in [0.25, 0.3) is 15.2 Å². The average molecular weight is 490 g/mol. The fraction of sp³-hybridized carbons (Fsp3) is 0.391. The maximum absolute atomic E-state index is 12.8. The minimum Gasteiger partial charge on any atom is -0.497 e. The molecule has 1 saturated heterocycles. The molecule has 0 spiro atoms. The zero-order valence-corrected chi connectivity index (χ0v) is 20.2. The van der Waals surface area contributed by atoms with E-state index in [1.807, 2.05) is 4.90 Å². The lowest BCUT2D eigenvalue weighted by Gasteiger charge is -2.35. The first kappa shape index (κ1) is 23.4. The lowest BCUT2D eigenvalue weighted by Crippen LogP contribution is -2.44.